The van der Waals surface area contributed by atoms with Gasteiger partial charge in [0.25, 0.3) is 0 Å². The minimum absolute atomic E-state index is 0.220. The molecule has 0 N–H and O–H groups in total. The van der Waals surface area contributed by atoms with E-state index in [0.717, 1.165) is 43.2 Å². The van der Waals surface area contributed by atoms with E-state index >= 15 is 0 Å². The summed E-state index contributed by atoms with van der Waals surface area (Å²) in [6.45, 7) is 5.55. The number of fused-ring (bicyclic) bond motifs is 1. The number of para-hydroxylation sites is 1. The average molecular weight is 450 g/mol. The number of benzene rings is 2. The number of amides is 1. The second-order valence-electron chi connectivity index (χ2n) is 9.66. The van der Waals surface area contributed by atoms with Crippen LogP contribution in [0.5, 0.6) is 0 Å². The van der Waals surface area contributed by atoms with Crippen LogP contribution in [0.1, 0.15) is 42.9 Å². The number of likely N-dealkylation sites (tertiary alicyclic amines) is 1. The van der Waals surface area contributed by atoms with Gasteiger partial charge in [-0.2, -0.15) is 0 Å². The van der Waals surface area contributed by atoms with Gasteiger partial charge in [-0.05, 0) is 55.2 Å². The van der Waals surface area contributed by atoms with Gasteiger partial charge in [0.15, 0.2) is 0 Å². The largest absolute Gasteiger partial charge is 0.441 e. The van der Waals surface area contributed by atoms with E-state index in [1.54, 1.807) is 4.90 Å². The molecular formula is C26H28ClN3O2. The lowest BCUT2D eigenvalue weighted by Crippen LogP contribution is -2.46. The standard InChI is InChI=1S/C26H28ClN3O2/c1-18-13-20(27)14-23-19(16-29(24(18)23)22-7-8-22)15-28-11-9-26(10-12-28)17-30(25(31)32-26)21-5-3-2-4-6-21/h2-6,13-14,16,22H,7-12,15,17H2,1H3. The highest BCUT2D eigenvalue weighted by Crippen LogP contribution is 2.41. The van der Waals surface area contributed by atoms with Crippen molar-refractivity contribution in [1.82, 2.24) is 9.47 Å². The molecule has 0 atom stereocenters. The summed E-state index contributed by atoms with van der Waals surface area (Å²) in [5, 5.41) is 2.09. The van der Waals surface area contributed by atoms with Crippen LogP contribution >= 0.6 is 11.6 Å². The van der Waals surface area contributed by atoms with Crippen LogP contribution in [0.25, 0.3) is 10.9 Å². The number of aryl methyl sites for hydroxylation is 1. The molecule has 1 amide bonds. The quantitative estimate of drug-likeness (QED) is 0.495. The minimum atomic E-state index is -0.370. The molecule has 0 bridgehead atoms. The zero-order chi connectivity index (χ0) is 21.9. The van der Waals surface area contributed by atoms with E-state index in [-0.39, 0.29) is 11.7 Å². The smallest absolute Gasteiger partial charge is 0.415 e. The predicted octanol–water partition coefficient (Wildman–Crippen LogP) is 5.93. The van der Waals surface area contributed by atoms with Crippen molar-refractivity contribution < 1.29 is 9.53 Å². The number of aromatic nitrogens is 1. The Morgan fingerprint density at radius 2 is 1.88 bits per heavy atom. The van der Waals surface area contributed by atoms with E-state index in [2.05, 4.69) is 34.7 Å². The van der Waals surface area contributed by atoms with Crippen LogP contribution in [0.2, 0.25) is 5.02 Å². The van der Waals surface area contributed by atoms with Crippen LogP contribution in [0.15, 0.2) is 48.7 Å². The molecular weight excluding hydrogens is 422 g/mol. The van der Waals surface area contributed by atoms with Gasteiger partial charge in [0.05, 0.1) is 12.1 Å². The molecule has 6 rings (SSSR count). The zero-order valence-electron chi connectivity index (χ0n) is 18.4. The van der Waals surface area contributed by atoms with Crippen LogP contribution in [-0.4, -0.2) is 40.8 Å². The summed E-state index contributed by atoms with van der Waals surface area (Å²) in [5.74, 6) is 0. The molecule has 3 fully saturated rings. The molecule has 2 aromatic carbocycles. The van der Waals surface area contributed by atoms with Crippen LogP contribution in [0, 0.1) is 6.92 Å². The van der Waals surface area contributed by atoms with Crippen LogP contribution in [0.4, 0.5) is 10.5 Å². The lowest BCUT2D eigenvalue weighted by atomic mass is 9.91. The van der Waals surface area contributed by atoms with E-state index in [1.807, 2.05) is 30.3 Å². The van der Waals surface area contributed by atoms with Crippen molar-refractivity contribution in [2.45, 2.75) is 50.8 Å². The van der Waals surface area contributed by atoms with Crippen molar-refractivity contribution in [2.75, 3.05) is 24.5 Å². The molecule has 0 radical (unpaired) electrons. The fourth-order valence-corrected chi connectivity index (χ4v) is 5.71. The van der Waals surface area contributed by atoms with Crippen LogP contribution < -0.4 is 4.90 Å². The predicted molar refractivity (Wildman–Crippen MR) is 127 cm³/mol. The van der Waals surface area contributed by atoms with Gasteiger partial charge in [-0.15, -0.1) is 0 Å². The molecule has 0 unspecified atom stereocenters. The molecule has 5 nitrogen and oxygen atoms in total. The first-order valence-electron chi connectivity index (χ1n) is 11.6. The average Bonchev–Trinajstić information content (AvgIpc) is 3.50. The van der Waals surface area contributed by atoms with Gasteiger partial charge in [0.2, 0.25) is 0 Å². The third-order valence-corrected chi connectivity index (χ3v) is 7.52. The Bertz CT molecular complexity index is 1180. The van der Waals surface area contributed by atoms with E-state index in [4.69, 9.17) is 16.3 Å². The second kappa shape index (κ2) is 7.53. The maximum absolute atomic E-state index is 12.6. The number of anilines is 1. The summed E-state index contributed by atoms with van der Waals surface area (Å²) in [7, 11) is 0. The lowest BCUT2D eigenvalue weighted by molar-refractivity contribution is -0.000888. The van der Waals surface area contributed by atoms with Gasteiger partial charge < -0.3 is 9.30 Å². The highest BCUT2D eigenvalue weighted by molar-refractivity contribution is 6.31. The number of hydrogen-bond donors (Lipinski definition) is 0. The van der Waals surface area contributed by atoms with E-state index in [0.29, 0.717) is 12.6 Å². The molecule has 3 heterocycles. The van der Waals surface area contributed by atoms with E-state index in [9.17, 15) is 4.79 Å². The van der Waals surface area contributed by atoms with Crippen molar-refractivity contribution in [2.24, 2.45) is 0 Å². The molecule has 1 spiro atoms. The van der Waals surface area contributed by atoms with Crippen molar-refractivity contribution in [1.29, 1.82) is 0 Å². The summed E-state index contributed by atoms with van der Waals surface area (Å²) in [6, 6.07) is 14.7. The monoisotopic (exact) mass is 449 g/mol. The fraction of sp³-hybridized carbons (Fsp3) is 0.423. The van der Waals surface area contributed by atoms with Crippen molar-refractivity contribution in [3.05, 3.63) is 64.8 Å². The first-order chi connectivity index (χ1) is 15.5. The number of piperidine rings is 1. The van der Waals surface area contributed by atoms with Crippen molar-refractivity contribution >= 4 is 34.3 Å². The Morgan fingerprint density at radius 3 is 2.59 bits per heavy atom. The lowest BCUT2D eigenvalue weighted by Gasteiger charge is -2.37. The summed E-state index contributed by atoms with van der Waals surface area (Å²) >= 11 is 6.43. The zero-order valence-corrected chi connectivity index (χ0v) is 19.1. The molecule has 6 heteroatoms. The first-order valence-corrected chi connectivity index (χ1v) is 12.0. The van der Waals surface area contributed by atoms with Gasteiger partial charge in [0, 0.05) is 60.8 Å². The molecule has 1 aliphatic carbocycles. The number of carbonyl (C=O) groups excluding carboxylic acids is 1. The Kier molecular flexibility index (Phi) is 4.74. The molecule has 3 aliphatic rings. The van der Waals surface area contributed by atoms with Gasteiger partial charge in [-0.25, -0.2) is 4.79 Å². The second-order valence-corrected chi connectivity index (χ2v) is 10.1. The third-order valence-electron chi connectivity index (χ3n) is 7.30. The summed E-state index contributed by atoms with van der Waals surface area (Å²) in [5.41, 5.74) is 4.48. The fourth-order valence-electron chi connectivity index (χ4n) is 5.44. The highest BCUT2D eigenvalue weighted by Gasteiger charge is 2.47. The van der Waals surface area contributed by atoms with Crippen molar-refractivity contribution in [3.8, 4) is 0 Å². The highest BCUT2D eigenvalue weighted by atomic mass is 35.5. The van der Waals surface area contributed by atoms with E-state index < -0.39 is 0 Å². The third kappa shape index (κ3) is 3.48. The SMILES string of the molecule is Cc1cc(Cl)cc2c(CN3CCC4(CC3)CN(c3ccccc3)C(=O)O4)cn(C3CC3)c12. The normalized spacial score (nSPS) is 20.9. The summed E-state index contributed by atoms with van der Waals surface area (Å²) < 4.78 is 8.41. The molecule has 166 valence electrons. The maximum atomic E-state index is 12.6. The Balaban J connectivity index is 1.19. The number of carbonyl (C=O) groups is 1. The number of nitrogens with zero attached hydrogens (tertiary/aromatic N) is 3. The Morgan fingerprint density at radius 1 is 1.12 bits per heavy atom. The Hall–Kier alpha value is -2.50. The van der Waals surface area contributed by atoms with Crippen molar-refractivity contribution in [3.63, 3.8) is 0 Å². The number of hydrogen-bond acceptors (Lipinski definition) is 3. The van der Waals surface area contributed by atoms with Crippen LogP contribution in [0.3, 0.4) is 0 Å². The summed E-state index contributed by atoms with van der Waals surface area (Å²) in [6.07, 6.45) is 6.39. The van der Waals surface area contributed by atoms with Gasteiger partial charge in [-0.1, -0.05) is 29.8 Å². The topological polar surface area (TPSA) is 37.7 Å². The Labute approximate surface area is 193 Å². The first kappa shape index (κ1) is 20.1. The molecule has 3 aromatic rings. The number of ether oxygens (including phenoxy) is 1. The molecule has 1 saturated carbocycles. The van der Waals surface area contributed by atoms with Gasteiger partial charge in [0.1, 0.15) is 5.60 Å². The number of rotatable bonds is 4. The van der Waals surface area contributed by atoms with Crippen LogP contribution in [-0.2, 0) is 11.3 Å². The van der Waals surface area contributed by atoms with E-state index in [1.165, 1.54) is 34.9 Å². The minimum Gasteiger partial charge on any atom is -0.441 e. The van der Waals surface area contributed by atoms with Gasteiger partial charge in [-0.3, -0.25) is 9.80 Å². The molecule has 32 heavy (non-hydrogen) atoms. The number of halogens is 1. The molecule has 2 saturated heterocycles. The molecule has 2 aliphatic heterocycles. The molecule has 1 aromatic heterocycles. The summed E-state index contributed by atoms with van der Waals surface area (Å²) in [4.78, 5) is 16.9. The van der Waals surface area contributed by atoms with Gasteiger partial charge >= 0.3 is 6.09 Å². The maximum Gasteiger partial charge on any atom is 0.415 e.